The minimum absolute atomic E-state index is 0.321. The maximum absolute atomic E-state index is 4.13. The van der Waals surface area contributed by atoms with Crippen molar-refractivity contribution in [1.29, 1.82) is 0 Å². The third-order valence-corrected chi connectivity index (χ3v) is 4.05. The lowest BCUT2D eigenvalue weighted by Gasteiger charge is -2.15. The van der Waals surface area contributed by atoms with Crippen LogP contribution in [0, 0.1) is 0 Å². The molecule has 0 spiro atoms. The van der Waals surface area contributed by atoms with Crippen LogP contribution in [0.15, 0.2) is 53.0 Å². The summed E-state index contributed by atoms with van der Waals surface area (Å²) in [5.74, 6) is 0.321. The zero-order chi connectivity index (χ0) is 14.1. The van der Waals surface area contributed by atoms with E-state index in [0.717, 1.165) is 0 Å². The van der Waals surface area contributed by atoms with Gasteiger partial charge in [-0.05, 0) is 31.4 Å². The molecule has 0 saturated heterocycles. The van der Waals surface area contributed by atoms with Crippen molar-refractivity contribution in [2.45, 2.75) is 51.9 Å². The van der Waals surface area contributed by atoms with Gasteiger partial charge in [0.05, 0.1) is 0 Å². The molecule has 0 saturated carbocycles. The van der Waals surface area contributed by atoms with Crippen LogP contribution in [0.2, 0.25) is 0 Å². The highest BCUT2D eigenvalue weighted by Crippen LogP contribution is 2.30. The number of hydrogen-bond donors (Lipinski definition) is 0. The number of halogens is 1. The molecule has 0 radical (unpaired) electrons. The van der Waals surface area contributed by atoms with Gasteiger partial charge >= 0.3 is 0 Å². The second-order valence-electron chi connectivity index (χ2n) is 5.12. The van der Waals surface area contributed by atoms with Gasteiger partial charge in [-0.15, -0.1) is 0 Å². The molecule has 0 N–H and O–H groups in total. The number of allylic oxidation sites excluding steroid dienone is 3. The fraction of sp³-hybridized carbons (Fsp3) is 0.444. The van der Waals surface area contributed by atoms with Crippen LogP contribution >= 0.6 is 15.9 Å². The molecule has 0 heterocycles. The highest BCUT2D eigenvalue weighted by atomic mass is 79.9. The Morgan fingerprint density at radius 2 is 2.00 bits per heavy atom. The van der Waals surface area contributed by atoms with Crippen molar-refractivity contribution in [2.24, 2.45) is 0 Å². The van der Waals surface area contributed by atoms with Crippen LogP contribution in [0.4, 0.5) is 0 Å². The van der Waals surface area contributed by atoms with Gasteiger partial charge in [-0.3, -0.25) is 0 Å². The Kier molecular flexibility index (Phi) is 7.81. The van der Waals surface area contributed by atoms with E-state index < -0.39 is 0 Å². The van der Waals surface area contributed by atoms with Crippen LogP contribution in [0.1, 0.15) is 57.4 Å². The van der Waals surface area contributed by atoms with Gasteiger partial charge in [0.15, 0.2) is 0 Å². The summed E-state index contributed by atoms with van der Waals surface area (Å²) >= 11 is 3.63. The van der Waals surface area contributed by atoms with Crippen molar-refractivity contribution < 1.29 is 0 Å². The fourth-order valence-corrected chi connectivity index (χ4v) is 2.71. The first-order chi connectivity index (χ1) is 9.16. The van der Waals surface area contributed by atoms with E-state index in [2.05, 4.69) is 72.8 Å². The van der Waals surface area contributed by atoms with Crippen molar-refractivity contribution in [2.75, 3.05) is 0 Å². The number of benzene rings is 1. The molecule has 0 bridgehead atoms. The maximum atomic E-state index is 4.13. The average molecular weight is 321 g/mol. The second-order valence-corrected chi connectivity index (χ2v) is 5.98. The molecule has 1 atom stereocenters. The van der Waals surface area contributed by atoms with Crippen molar-refractivity contribution in [3.63, 3.8) is 0 Å². The van der Waals surface area contributed by atoms with E-state index in [9.17, 15) is 0 Å². The molecule has 0 unspecified atom stereocenters. The number of hydrogen-bond acceptors (Lipinski definition) is 0. The van der Waals surface area contributed by atoms with Gasteiger partial charge < -0.3 is 0 Å². The van der Waals surface area contributed by atoms with Crippen molar-refractivity contribution in [3.8, 4) is 0 Å². The quantitative estimate of drug-likeness (QED) is 0.372. The van der Waals surface area contributed by atoms with Crippen LogP contribution in [0.3, 0.4) is 0 Å². The van der Waals surface area contributed by atoms with E-state index in [4.69, 9.17) is 0 Å². The molecule has 0 aliphatic heterocycles. The minimum Gasteiger partial charge on any atom is -0.0992 e. The normalized spacial score (nSPS) is 12.8. The number of unbranched alkanes of at least 4 members (excludes halogenated alkanes) is 4. The molecule has 1 rings (SSSR count). The third-order valence-electron chi connectivity index (χ3n) is 3.32. The molecule has 1 aromatic carbocycles. The van der Waals surface area contributed by atoms with E-state index >= 15 is 0 Å². The summed E-state index contributed by atoms with van der Waals surface area (Å²) in [4.78, 5) is 0. The van der Waals surface area contributed by atoms with Gasteiger partial charge in [-0.1, -0.05) is 84.6 Å². The highest BCUT2D eigenvalue weighted by Gasteiger charge is 2.11. The Hall–Kier alpha value is -0.820. The Labute approximate surface area is 126 Å². The Balaban J connectivity index is 2.62. The summed E-state index contributed by atoms with van der Waals surface area (Å²) in [5.41, 5.74) is 2.50. The summed E-state index contributed by atoms with van der Waals surface area (Å²) in [7, 11) is 0. The first-order valence-corrected chi connectivity index (χ1v) is 8.02. The smallest absolute Gasteiger partial charge is 0.0234 e. The van der Waals surface area contributed by atoms with Crippen molar-refractivity contribution in [1.82, 2.24) is 0 Å². The van der Waals surface area contributed by atoms with Crippen LogP contribution < -0.4 is 0 Å². The second kappa shape index (κ2) is 9.14. The SMILES string of the molecule is C=C(C)[C@H](/C=C/CCCCCC)c1ccccc1Br. The van der Waals surface area contributed by atoms with Gasteiger partial charge in [-0.2, -0.15) is 0 Å². The van der Waals surface area contributed by atoms with Crippen LogP contribution in [-0.2, 0) is 0 Å². The lowest BCUT2D eigenvalue weighted by molar-refractivity contribution is 0.673. The Morgan fingerprint density at radius 3 is 2.63 bits per heavy atom. The number of rotatable bonds is 8. The fourth-order valence-electron chi connectivity index (χ4n) is 2.18. The van der Waals surface area contributed by atoms with Gasteiger partial charge in [0, 0.05) is 10.4 Å². The van der Waals surface area contributed by atoms with E-state index in [-0.39, 0.29) is 0 Å². The van der Waals surface area contributed by atoms with Crippen LogP contribution in [0.5, 0.6) is 0 Å². The van der Waals surface area contributed by atoms with E-state index in [1.54, 1.807) is 0 Å². The van der Waals surface area contributed by atoms with Gasteiger partial charge in [0.1, 0.15) is 0 Å². The molecule has 0 nitrogen and oxygen atoms in total. The van der Waals surface area contributed by atoms with Gasteiger partial charge in [-0.25, -0.2) is 0 Å². The molecule has 0 fully saturated rings. The lowest BCUT2D eigenvalue weighted by atomic mass is 9.92. The molecule has 0 amide bonds. The summed E-state index contributed by atoms with van der Waals surface area (Å²) in [5, 5.41) is 0. The van der Waals surface area contributed by atoms with Gasteiger partial charge in [0.25, 0.3) is 0 Å². The topological polar surface area (TPSA) is 0 Å². The lowest BCUT2D eigenvalue weighted by Crippen LogP contribution is -1.97. The predicted octanol–water partition coefficient (Wildman–Crippen LogP) is 6.64. The van der Waals surface area contributed by atoms with Crippen molar-refractivity contribution >= 4 is 15.9 Å². The Morgan fingerprint density at radius 1 is 1.26 bits per heavy atom. The summed E-state index contributed by atoms with van der Waals surface area (Å²) in [6, 6.07) is 8.41. The molecule has 1 aromatic rings. The van der Waals surface area contributed by atoms with Crippen LogP contribution in [0.25, 0.3) is 0 Å². The van der Waals surface area contributed by atoms with Crippen molar-refractivity contribution in [3.05, 3.63) is 58.6 Å². The van der Waals surface area contributed by atoms with Gasteiger partial charge in [0.2, 0.25) is 0 Å². The van der Waals surface area contributed by atoms with E-state index in [1.807, 2.05) is 0 Å². The monoisotopic (exact) mass is 320 g/mol. The molecule has 19 heavy (non-hydrogen) atoms. The zero-order valence-corrected chi connectivity index (χ0v) is 13.7. The molecular formula is C18H25Br. The van der Waals surface area contributed by atoms with Crippen LogP contribution in [-0.4, -0.2) is 0 Å². The summed E-state index contributed by atoms with van der Waals surface area (Å²) < 4.78 is 1.17. The zero-order valence-electron chi connectivity index (χ0n) is 12.2. The molecule has 1 heteroatoms. The van der Waals surface area contributed by atoms with E-state index in [1.165, 1.54) is 47.7 Å². The summed E-state index contributed by atoms with van der Waals surface area (Å²) in [6.45, 7) is 8.48. The average Bonchev–Trinajstić information content (AvgIpc) is 2.39. The molecule has 0 aliphatic rings. The first-order valence-electron chi connectivity index (χ1n) is 7.23. The molecule has 104 valence electrons. The molecule has 0 aromatic heterocycles. The first kappa shape index (κ1) is 16.2. The highest BCUT2D eigenvalue weighted by molar-refractivity contribution is 9.10. The third kappa shape index (κ3) is 5.78. The standard InChI is InChI=1S/C18H25Br/c1-4-5-6-7-8-9-12-16(15(2)3)17-13-10-11-14-18(17)19/h9-14,16H,2,4-8H2,1,3H3/b12-9+/t16-/m0/s1. The molecule has 0 aliphatic carbocycles. The minimum atomic E-state index is 0.321. The predicted molar refractivity (Wildman–Crippen MR) is 89.6 cm³/mol. The largest absolute Gasteiger partial charge is 0.0992 e. The Bertz CT molecular complexity index is 417. The summed E-state index contributed by atoms with van der Waals surface area (Å²) in [6.07, 6.45) is 11.1. The molecular weight excluding hydrogens is 296 g/mol. The maximum Gasteiger partial charge on any atom is 0.0234 e. The van der Waals surface area contributed by atoms with E-state index in [0.29, 0.717) is 5.92 Å².